The number of ether oxygens (including phenoxy) is 1. The number of hydrogen-bond acceptors (Lipinski definition) is 24. The van der Waals surface area contributed by atoms with Gasteiger partial charge in [-0.15, -0.1) is 21.3 Å². The van der Waals surface area contributed by atoms with Crippen LogP contribution < -0.4 is 37.7 Å². The molecule has 0 spiro atoms. The highest BCUT2D eigenvalue weighted by atomic mass is 32.2. The van der Waals surface area contributed by atoms with Crippen LogP contribution in [-0.4, -0.2) is 125 Å². The van der Waals surface area contributed by atoms with Crippen molar-refractivity contribution in [2.45, 2.75) is 274 Å². The summed E-state index contributed by atoms with van der Waals surface area (Å²) < 4.78 is 131. The molecule has 4 N–H and O–H groups in total. The normalized spacial score (nSPS) is 14.8. The van der Waals surface area contributed by atoms with Gasteiger partial charge in [0.15, 0.2) is 60.9 Å². The van der Waals surface area contributed by atoms with E-state index < -0.39 is 72.9 Å². The van der Waals surface area contributed by atoms with Gasteiger partial charge < -0.3 is 14.1 Å². The van der Waals surface area contributed by atoms with Crippen molar-refractivity contribution in [1.82, 2.24) is 37.1 Å². The number of aromatic nitrogens is 2. The van der Waals surface area contributed by atoms with Crippen molar-refractivity contribution in [3.05, 3.63) is 401 Å². The number of para-hydroxylation sites is 1. The molecule has 16 rings (SSSR count). The zero-order valence-corrected chi connectivity index (χ0v) is 95.2. The second kappa shape index (κ2) is 49.8. The lowest BCUT2D eigenvalue weighted by Crippen LogP contribution is -2.45. The van der Waals surface area contributed by atoms with Gasteiger partial charge in [0, 0.05) is 60.2 Å². The predicted molar refractivity (Wildman–Crippen MR) is 614 cm³/mol. The number of morpholine rings is 1. The van der Waals surface area contributed by atoms with Crippen LogP contribution in [0.5, 0.6) is 0 Å². The van der Waals surface area contributed by atoms with E-state index >= 15 is 0 Å². The van der Waals surface area contributed by atoms with Gasteiger partial charge in [0.05, 0.1) is 88.0 Å². The molecule has 3 aliphatic heterocycles. The number of nitrogens with one attached hydrogen (secondary N) is 4. The summed E-state index contributed by atoms with van der Waals surface area (Å²) >= 11 is 0. The van der Waals surface area contributed by atoms with Gasteiger partial charge in [-0.25, -0.2) is 63.0 Å². The smallest absolute Gasteiger partial charge is 0.336 e. The highest BCUT2D eigenvalue weighted by Gasteiger charge is 2.35. The quantitative estimate of drug-likeness (QED) is 0.0304. The monoisotopic (exact) mass is 2130 g/mol. The number of rotatable bonds is 30. The van der Waals surface area contributed by atoms with Crippen LogP contribution in [0.2, 0.25) is 0 Å². The molecule has 24 nitrogen and oxygen atoms in total. The van der Waals surface area contributed by atoms with Gasteiger partial charge >= 0.3 is 5.63 Å². The molecule has 13 aromatic rings. The molecular formula is C121H151N11O13S5. The zero-order valence-electron chi connectivity index (χ0n) is 91.1. The van der Waals surface area contributed by atoms with Crippen molar-refractivity contribution in [2.24, 2.45) is 10.2 Å². The van der Waals surface area contributed by atoms with Gasteiger partial charge in [0.2, 0.25) is 0 Å². The fraction of sp³-hybridized carbons (Fsp3) is 0.380. The third-order valence-corrected chi connectivity index (χ3v) is 40.3. The Morgan fingerprint density at radius 2 is 0.700 bits per heavy atom. The van der Waals surface area contributed by atoms with Crippen LogP contribution in [0.15, 0.2) is 293 Å². The van der Waals surface area contributed by atoms with Crippen molar-refractivity contribution in [3.63, 3.8) is 0 Å². The van der Waals surface area contributed by atoms with Gasteiger partial charge in [-0.2, -0.15) is 0 Å². The molecule has 1 saturated heterocycles. The Bertz CT molecular complexity index is 7480. The van der Waals surface area contributed by atoms with Crippen LogP contribution in [0.25, 0.3) is 22.2 Å². The Morgan fingerprint density at radius 3 is 1.08 bits per heavy atom. The van der Waals surface area contributed by atoms with E-state index in [1.54, 1.807) is 104 Å². The van der Waals surface area contributed by atoms with Crippen LogP contribution in [0.1, 0.15) is 235 Å². The van der Waals surface area contributed by atoms with E-state index in [9.17, 15) is 46.9 Å². The number of hydrazone groups is 2. The van der Waals surface area contributed by atoms with E-state index in [4.69, 9.17) is 9.15 Å². The Hall–Kier alpha value is -12.3. The highest BCUT2D eigenvalue weighted by Crippen LogP contribution is 2.34. The Labute approximate surface area is 891 Å². The number of amidine groups is 2. The highest BCUT2D eigenvalue weighted by molar-refractivity contribution is 7.93. The number of fused-ring (bicyclic) bond motifs is 1. The van der Waals surface area contributed by atoms with Crippen LogP contribution >= 0.6 is 0 Å². The van der Waals surface area contributed by atoms with Crippen molar-refractivity contribution in [1.29, 1.82) is 0 Å². The molecule has 1 fully saturated rings. The van der Waals surface area contributed by atoms with Gasteiger partial charge in [-0.3, -0.25) is 15.0 Å². The van der Waals surface area contributed by atoms with Gasteiger partial charge in [0.1, 0.15) is 5.58 Å². The van der Waals surface area contributed by atoms with E-state index in [0.29, 0.717) is 5.58 Å². The van der Waals surface area contributed by atoms with Crippen LogP contribution in [0.3, 0.4) is 0 Å². The fourth-order valence-corrected chi connectivity index (χ4v) is 22.2. The summed E-state index contributed by atoms with van der Waals surface area (Å²) in [4.78, 5) is 22.9. The number of benzene rings is 11. The minimum Gasteiger partial charge on any atom is -0.423 e. The second-order valence-electron chi connectivity index (χ2n) is 44.3. The summed E-state index contributed by atoms with van der Waals surface area (Å²) in [5.41, 5.74) is 39.3. The molecule has 0 saturated carbocycles. The summed E-state index contributed by atoms with van der Waals surface area (Å²) in [6, 6.07) is 86.3. The second-order valence-corrected chi connectivity index (χ2v) is 58.0. The number of nitrogens with zero attached hydrogens (tertiary/aromatic N) is 7. The van der Waals surface area contributed by atoms with Crippen LogP contribution in [0.4, 0.5) is 11.4 Å². The van der Waals surface area contributed by atoms with Gasteiger partial charge in [-0.1, -0.05) is 224 Å². The van der Waals surface area contributed by atoms with E-state index in [0.717, 1.165) is 173 Å². The van der Waals surface area contributed by atoms with E-state index in [2.05, 4.69) is 167 Å². The molecule has 2 aromatic heterocycles. The standard InChI is InChI=1S/C27H39NO3S.C26H30N4O2S.C24H28N2O2S.C23H26O4S.C21H28N4O2S/c1-19-15-26(28-16-21(3)31-22(4)17-28)20(2)14-25(19)13-12-23-8-10-24(11-9-23)18-32(29,30)27(5,6)7;1-26(2,3)33(31,32)19-22-13-11-20(12-14-22)9-10-21-15-17-23(18-16-21)25-27-28-29-30(25)24-7-5-4-6-8-24;1-18-7-5-6-8-22(18)23-16-25-21(15-26-23)14-13-19-9-11-20(12-10-19)17-29(27,28)24(2,3)4;1-16-19(11-13-21-20(16)12-14-22(24)27-21)10-9-17-5-7-18(8-6-17)15-28(25,26)23(2,3)4;1-21(2,3)28(26,27)15-18-9-7-16(8-10-18)5-6-17-11-13-19(14-12-17)20-22-23-24-25(20)4/h8-11,14-15,21-22H,12-13,16-18H2,1-7H3;4-8,11-18,28-29H,9-10,19H2,1-3H3;5-12,15-16H,13-14,17H2,1-4H3;5-8,11-14H,9-10,15H2,1-4H3;7-14,23-24H,5-6,15H2,1-4H3/t21-,22+;;;;. The molecule has 0 bridgehead atoms. The molecule has 2 atom stereocenters. The van der Waals surface area contributed by atoms with Crippen molar-refractivity contribution >= 4 is 83.2 Å². The average molecular weight is 2130 g/mol. The fourth-order valence-electron chi connectivity index (χ4n) is 16.9. The molecule has 29 heteroatoms. The molecule has 0 unspecified atom stereocenters. The van der Waals surface area contributed by atoms with E-state index in [1.807, 2.05) is 206 Å². The first kappa shape index (κ1) is 116. The lowest BCUT2D eigenvalue weighted by atomic mass is 9.96. The number of anilines is 2. The lowest BCUT2D eigenvalue weighted by Gasteiger charge is -2.38. The third kappa shape index (κ3) is 32.4. The predicted octanol–water partition coefficient (Wildman–Crippen LogP) is 22.1. The van der Waals surface area contributed by atoms with Crippen molar-refractivity contribution in [2.75, 3.05) is 30.0 Å². The summed E-state index contributed by atoms with van der Waals surface area (Å²) in [5.74, 6) is 2.05. The number of sulfone groups is 5. The third-order valence-electron chi connectivity index (χ3n) is 27.4. The van der Waals surface area contributed by atoms with E-state index in [1.165, 1.54) is 67.4 Å². The van der Waals surface area contributed by atoms with Crippen molar-refractivity contribution < 1.29 is 51.2 Å². The maximum absolute atomic E-state index is 12.5. The minimum atomic E-state index is -3.18. The largest absolute Gasteiger partial charge is 0.423 e. The minimum absolute atomic E-state index is 0.0613. The Morgan fingerprint density at radius 1 is 0.347 bits per heavy atom. The number of hydrogen-bond donors (Lipinski definition) is 4. The number of hydrazine groups is 4. The van der Waals surface area contributed by atoms with Crippen LogP contribution in [-0.2, 0) is 147 Å². The molecule has 0 radical (unpaired) electrons. The maximum atomic E-state index is 12.5. The average Bonchev–Trinajstić information content (AvgIpc) is 1.11. The molecule has 5 heterocycles. The van der Waals surface area contributed by atoms with Crippen molar-refractivity contribution in [3.8, 4) is 11.3 Å². The molecule has 0 amide bonds. The van der Waals surface area contributed by atoms with Gasteiger partial charge in [-0.05, 0) is 340 Å². The first-order valence-electron chi connectivity index (χ1n) is 51.3. The first-order chi connectivity index (χ1) is 70.5. The van der Waals surface area contributed by atoms with Gasteiger partial charge in [0.25, 0.3) is 0 Å². The Kier molecular flexibility index (Phi) is 38.7. The summed E-state index contributed by atoms with van der Waals surface area (Å²) in [6.45, 7) is 40.8. The summed E-state index contributed by atoms with van der Waals surface area (Å²) in [6.07, 6.45) is 13.1. The van der Waals surface area contributed by atoms with Crippen LogP contribution in [0, 0.1) is 27.7 Å². The molecular weight excluding hydrogens is 1980 g/mol. The summed E-state index contributed by atoms with van der Waals surface area (Å²) in [5, 5.41) is 13.3. The molecule has 11 aromatic carbocycles. The lowest BCUT2D eigenvalue weighted by molar-refractivity contribution is -0.00526. The molecule has 150 heavy (non-hydrogen) atoms. The zero-order chi connectivity index (χ0) is 109. The topological polar surface area (TPSA) is 318 Å². The Balaban J connectivity index is 0.000000166. The number of aryl methyl sites for hydroxylation is 14. The molecule has 0 aliphatic carbocycles. The summed E-state index contributed by atoms with van der Waals surface area (Å²) in [7, 11) is -13.9. The molecule has 3 aliphatic rings. The molecule has 798 valence electrons. The SMILES string of the molecule is CC(C)(C)S(=O)(=O)Cc1ccc(CCc2ccc(C3=NNNN3c3ccccc3)cc2)cc1.CN1NNN=C1c1ccc(CCc2ccc(CS(=O)(=O)C(C)(C)C)cc2)cc1.Cc1c(CCc2ccc(CS(=O)(=O)C(C)(C)C)cc2)ccc2oc(=O)ccc12.Cc1cc(N2C[C@@H](C)O[C@@H](C)C2)c(C)cc1CCc1ccc(CS(=O)(=O)C(C)(C)C)cc1.Cc1ccccc1-c1cnc(CCc2ccc(CS(=O)(=O)C(C)(C)C)cc2)cn1. The maximum Gasteiger partial charge on any atom is 0.336 e. The first-order valence-corrected chi connectivity index (χ1v) is 59.6. The van der Waals surface area contributed by atoms with E-state index in [-0.39, 0.29) is 46.6 Å².